The predicted octanol–water partition coefficient (Wildman–Crippen LogP) is 11.1. The molecule has 0 unspecified atom stereocenters. The maximum absolute atomic E-state index is 9.65. The lowest BCUT2D eigenvalue weighted by Crippen LogP contribution is -2.07. The van der Waals surface area contributed by atoms with Crippen LogP contribution in [0.1, 0.15) is 38.4 Å². The Labute approximate surface area is 327 Å². The summed E-state index contributed by atoms with van der Waals surface area (Å²) in [5.74, 6) is -2.84. The van der Waals surface area contributed by atoms with Crippen molar-refractivity contribution in [2.24, 2.45) is 0 Å². The molecule has 234 valence electrons. The molecule has 0 aliphatic rings. The summed E-state index contributed by atoms with van der Waals surface area (Å²) in [5.41, 5.74) is -6.47. The smallest absolute Gasteiger partial charge is 0.238 e. The van der Waals surface area contributed by atoms with Crippen LogP contribution in [0.5, 0.6) is 0 Å². The Morgan fingerprint density at radius 1 is 0.380 bits per heavy atom. The summed E-state index contributed by atoms with van der Waals surface area (Å²) in [7, 11) is 0. The van der Waals surface area contributed by atoms with Crippen molar-refractivity contribution >= 4 is 43.6 Å². The largest absolute Gasteiger partial charge is 0.307 e. The molecule has 5 nitrogen and oxygen atoms in total. The number of rotatable bonds is 5. The number of para-hydroxylation sites is 3. The van der Waals surface area contributed by atoms with Gasteiger partial charge in [0.1, 0.15) is 0 Å². The van der Waals surface area contributed by atoms with Gasteiger partial charge in [-0.05, 0) is 35.3 Å². The molecule has 0 saturated carbocycles. The van der Waals surface area contributed by atoms with Crippen LogP contribution in [0.4, 0.5) is 0 Å². The highest BCUT2D eigenvalue weighted by Gasteiger charge is 2.23. The minimum Gasteiger partial charge on any atom is -0.307 e. The quantitative estimate of drug-likeness (QED) is 0.184. The van der Waals surface area contributed by atoms with Gasteiger partial charge >= 0.3 is 0 Å². The molecule has 3 heterocycles. The zero-order valence-corrected chi connectivity index (χ0v) is 24.8. The second kappa shape index (κ2) is 11.4. The molecule has 5 heteroatoms. The Balaban J connectivity index is 1.58. The zero-order chi connectivity index (χ0) is 57.4. The molecule has 0 fully saturated rings. The first-order valence-corrected chi connectivity index (χ1v) is 14.5. The van der Waals surface area contributed by atoms with E-state index < -0.39 is 258 Å². The molecule has 0 atom stereocenters. The van der Waals surface area contributed by atoms with Gasteiger partial charge in [0.05, 0.1) is 60.4 Å². The van der Waals surface area contributed by atoms with E-state index in [9.17, 15) is 12.3 Å². The average Bonchev–Trinajstić information content (AvgIpc) is 3.84. The Bertz CT molecular complexity index is 4430. The van der Waals surface area contributed by atoms with E-state index in [1.54, 1.807) is 0 Å². The van der Waals surface area contributed by atoms with Crippen molar-refractivity contribution < 1.29 is 38.4 Å². The minimum absolute atomic E-state index is 0.564. The van der Waals surface area contributed by atoms with E-state index in [-0.39, 0.29) is 0 Å². The second-order valence-corrected chi connectivity index (χ2v) is 10.4. The maximum Gasteiger partial charge on any atom is 0.238 e. The van der Waals surface area contributed by atoms with Gasteiger partial charge in [-0.25, -0.2) is 4.98 Å². The highest BCUT2D eigenvalue weighted by atomic mass is 15.2. The fraction of sp³-hybridized carbons (Fsp3) is 0. The molecule has 10 aromatic rings. The molecule has 0 radical (unpaired) electrons. The SMILES string of the molecule is [2H]c1cc([2H])c(-c2c([2H])c([2H])c([2H])c([2H])c2-c2nc(-c3c([2H])c([2H])c([2H])c([2H])c3[2H])nc(-n3c4c([2H])c([2H])c([2H])c([2H])c4c4c([2H])c([2H])c5c6c([2H])c([2H])c([2H])c([2H])c6n(-c6c([2H])c([2H])c([2H])c([2H])c6[2H])c5c43)n2)c([2H])c1[2H]. The topological polar surface area (TPSA) is 48.5 Å². The standard InChI is InChI=1S/C45H29N5/c1-4-16-30(17-5-1)33-22-10-11-25-38(33)44-46-43(31-18-6-2-7-19-31)47-45(48-44)50-40-27-15-13-24-35(40)37-29-28-36-34-23-12-14-26-39(34)49(41(36)42(37)50)32-20-8-3-9-21-32/h1-29H/i1D,2D,3D,4D,6D,7D,8D,9D,10D,11D,12D,13D,14D,15D,16D,17D,18D,19D,20D,21D,22D,23D,24D,25D,26D,27D,28D,29D. The summed E-state index contributed by atoms with van der Waals surface area (Å²) in [4.78, 5) is 13.5. The van der Waals surface area contributed by atoms with Crippen molar-refractivity contribution in [3.05, 3.63) is 175 Å². The van der Waals surface area contributed by atoms with Gasteiger partial charge in [-0.2, -0.15) is 9.97 Å². The van der Waals surface area contributed by atoms with Crippen LogP contribution in [-0.2, 0) is 0 Å². The summed E-state index contributed by atoms with van der Waals surface area (Å²) in [6.45, 7) is 0. The van der Waals surface area contributed by atoms with Gasteiger partial charge in [0.2, 0.25) is 5.95 Å². The summed E-state index contributed by atoms with van der Waals surface area (Å²) in [5, 5.41) is -2.36. The van der Waals surface area contributed by atoms with Crippen molar-refractivity contribution in [3.63, 3.8) is 0 Å². The minimum atomic E-state index is -1.01. The molecule has 10 rings (SSSR count). The van der Waals surface area contributed by atoms with Crippen LogP contribution in [-0.4, -0.2) is 24.1 Å². The molecule has 0 N–H and O–H groups in total. The molecule has 50 heavy (non-hydrogen) atoms. The first-order chi connectivity index (χ1) is 36.4. The first kappa shape index (κ1) is 11.9. The van der Waals surface area contributed by atoms with Gasteiger partial charge in [0, 0.05) is 38.4 Å². The third-order valence-corrected chi connectivity index (χ3v) is 7.71. The van der Waals surface area contributed by atoms with Gasteiger partial charge in [-0.1, -0.05) is 151 Å². The van der Waals surface area contributed by atoms with E-state index in [0.717, 1.165) is 15.2 Å². The molecular weight excluding hydrogens is 611 g/mol. The number of aromatic nitrogens is 5. The maximum atomic E-state index is 9.65. The average molecular weight is 668 g/mol. The third-order valence-electron chi connectivity index (χ3n) is 7.71. The van der Waals surface area contributed by atoms with Gasteiger partial charge in [-0.15, -0.1) is 0 Å². The van der Waals surface area contributed by atoms with Crippen molar-refractivity contribution in [2.45, 2.75) is 0 Å². The lowest BCUT2D eigenvalue weighted by Gasteiger charge is -2.14. The molecule has 0 saturated heterocycles. The lowest BCUT2D eigenvalue weighted by atomic mass is 9.99. The number of nitrogens with zero attached hydrogens (tertiary/aromatic N) is 5. The highest BCUT2D eigenvalue weighted by molar-refractivity contribution is 6.23. The van der Waals surface area contributed by atoms with Crippen LogP contribution in [0, 0.1) is 0 Å². The first-order valence-electron chi connectivity index (χ1n) is 28.5. The molecule has 0 bridgehead atoms. The van der Waals surface area contributed by atoms with Crippen LogP contribution < -0.4 is 0 Å². The lowest BCUT2D eigenvalue weighted by molar-refractivity contribution is 0.953. The monoisotopic (exact) mass is 667 g/mol. The Morgan fingerprint density at radius 2 is 0.920 bits per heavy atom. The number of hydrogen-bond donors (Lipinski definition) is 0. The summed E-state index contributed by atoms with van der Waals surface area (Å²) < 4.78 is 251. The van der Waals surface area contributed by atoms with Crippen LogP contribution in [0.15, 0.2) is 175 Å². The van der Waals surface area contributed by atoms with Crippen LogP contribution in [0.2, 0.25) is 0 Å². The van der Waals surface area contributed by atoms with Gasteiger partial charge in [0.15, 0.2) is 11.6 Å². The van der Waals surface area contributed by atoms with Crippen molar-refractivity contribution in [1.29, 1.82) is 0 Å². The molecule has 0 aliphatic carbocycles. The summed E-state index contributed by atoms with van der Waals surface area (Å²) in [6.07, 6.45) is 0. The summed E-state index contributed by atoms with van der Waals surface area (Å²) in [6, 6.07) is -24.8. The van der Waals surface area contributed by atoms with E-state index in [2.05, 4.69) is 15.0 Å². The van der Waals surface area contributed by atoms with E-state index in [1.807, 2.05) is 0 Å². The molecule has 0 spiro atoms. The van der Waals surface area contributed by atoms with Crippen molar-refractivity contribution in [3.8, 4) is 45.5 Å². The molecule has 7 aromatic carbocycles. The Kier molecular flexibility index (Phi) is 2.72. The van der Waals surface area contributed by atoms with Crippen molar-refractivity contribution in [1.82, 2.24) is 24.1 Å². The molecule has 0 aliphatic heterocycles. The fourth-order valence-corrected chi connectivity index (χ4v) is 5.72. The van der Waals surface area contributed by atoms with Crippen LogP contribution in [0.25, 0.3) is 89.2 Å². The second-order valence-electron chi connectivity index (χ2n) is 10.4. The Morgan fingerprint density at radius 3 is 1.66 bits per heavy atom. The predicted molar refractivity (Wildman–Crippen MR) is 205 cm³/mol. The van der Waals surface area contributed by atoms with Crippen LogP contribution in [0.3, 0.4) is 0 Å². The van der Waals surface area contributed by atoms with Crippen molar-refractivity contribution in [2.75, 3.05) is 0 Å². The summed E-state index contributed by atoms with van der Waals surface area (Å²) >= 11 is 0. The fourth-order valence-electron chi connectivity index (χ4n) is 5.72. The highest BCUT2D eigenvalue weighted by Crippen LogP contribution is 2.41. The van der Waals surface area contributed by atoms with Gasteiger partial charge < -0.3 is 4.57 Å². The van der Waals surface area contributed by atoms with Gasteiger partial charge in [-0.3, -0.25) is 4.57 Å². The molecule has 3 aromatic heterocycles. The van der Waals surface area contributed by atoms with E-state index in [4.69, 9.17) is 26.0 Å². The van der Waals surface area contributed by atoms with E-state index in [0.29, 0.717) is 0 Å². The van der Waals surface area contributed by atoms with E-state index in [1.165, 1.54) is 0 Å². The Hall–Kier alpha value is -6.85. The number of hydrogen-bond acceptors (Lipinski definition) is 3. The van der Waals surface area contributed by atoms with E-state index >= 15 is 0 Å². The van der Waals surface area contributed by atoms with Gasteiger partial charge in [0.25, 0.3) is 0 Å². The van der Waals surface area contributed by atoms with Crippen LogP contribution >= 0.6 is 0 Å². The molecule has 0 amide bonds. The third kappa shape index (κ3) is 4.37. The number of benzene rings is 7. The number of fused-ring (bicyclic) bond motifs is 7. The zero-order valence-electron chi connectivity index (χ0n) is 52.8. The molecular formula is C45H29N5. The normalized spacial score (nSPS) is 19.4.